The maximum atomic E-state index is 12.6. The van der Waals surface area contributed by atoms with E-state index < -0.39 is 0 Å². The van der Waals surface area contributed by atoms with Gasteiger partial charge in [-0.15, -0.1) is 0 Å². The Morgan fingerprint density at radius 1 is 1.11 bits per heavy atom. The van der Waals surface area contributed by atoms with Crippen molar-refractivity contribution in [3.63, 3.8) is 0 Å². The van der Waals surface area contributed by atoms with Crippen LogP contribution in [0.5, 0.6) is 11.5 Å². The van der Waals surface area contributed by atoms with Crippen LogP contribution in [0, 0.1) is 0 Å². The van der Waals surface area contributed by atoms with E-state index in [1.54, 1.807) is 20.3 Å². The van der Waals surface area contributed by atoms with Crippen molar-refractivity contribution in [2.75, 3.05) is 40.5 Å². The SMILES string of the molecule is COc1ccc(CNC(=O)/C=C/c2c[nH]c3ncc(-c4ccccc4CN4CCOCC4)cc23)cc1OC. The quantitative estimate of drug-likeness (QED) is 0.323. The first-order valence-corrected chi connectivity index (χ1v) is 12.7. The van der Waals surface area contributed by atoms with Crippen molar-refractivity contribution >= 4 is 23.0 Å². The number of methoxy groups -OCH3 is 2. The van der Waals surface area contributed by atoms with Crippen molar-refractivity contribution in [1.29, 1.82) is 0 Å². The van der Waals surface area contributed by atoms with Gasteiger partial charge >= 0.3 is 0 Å². The topological polar surface area (TPSA) is 88.7 Å². The van der Waals surface area contributed by atoms with Gasteiger partial charge in [0, 0.05) is 61.2 Å². The van der Waals surface area contributed by atoms with E-state index in [9.17, 15) is 4.79 Å². The van der Waals surface area contributed by atoms with Gasteiger partial charge in [-0.2, -0.15) is 0 Å². The molecule has 2 aromatic carbocycles. The van der Waals surface area contributed by atoms with Gasteiger partial charge in [-0.3, -0.25) is 9.69 Å². The normalized spacial score (nSPS) is 14.2. The standard InChI is InChI=1S/C30H32N4O4/c1-36-27-9-7-21(15-28(27)37-2)17-31-29(35)10-8-22-18-32-30-26(22)16-24(19-33-30)25-6-4-3-5-23(25)20-34-11-13-38-14-12-34/h3-10,15-16,18-19H,11-14,17,20H2,1-2H3,(H,31,35)(H,32,33)/b10-8+. The van der Waals surface area contributed by atoms with Gasteiger partial charge in [0.25, 0.3) is 0 Å². The summed E-state index contributed by atoms with van der Waals surface area (Å²) in [6.45, 7) is 4.67. The molecule has 0 bridgehead atoms. The van der Waals surface area contributed by atoms with E-state index in [0.717, 1.165) is 66.1 Å². The van der Waals surface area contributed by atoms with Gasteiger partial charge in [0.1, 0.15) is 5.65 Å². The zero-order valence-electron chi connectivity index (χ0n) is 21.7. The third-order valence-corrected chi connectivity index (χ3v) is 6.72. The van der Waals surface area contributed by atoms with E-state index in [1.165, 1.54) is 5.56 Å². The first-order chi connectivity index (χ1) is 18.6. The van der Waals surface area contributed by atoms with Gasteiger partial charge in [0.2, 0.25) is 5.91 Å². The number of carbonyl (C=O) groups is 1. The molecule has 1 aliphatic rings. The number of aromatic amines is 1. The lowest BCUT2D eigenvalue weighted by atomic mass is 9.99. The zero-order valence-corrected chi connectivity index (χ0v) is 21.7. The van der Waals surface area contributed by atoms with Crippen molar-refractivity contribution in [3.05, 3.63) is 83.7 Å². The Balaban J connectivity index is 1.30. The molecule has 5 rings (SSSR count). The fraction of sp³-hybridized carbons (Fsp3) is 0.267. The highest BCUT2D eigenvalue weighted by Gasteiger charge is 2.14. The summed E-state index contributed by atoms with van der Waals surface area (Å²) in [5.41, 5.74) is 6.08. The highest BCUT2D eigenvalue weighted by Crippen LogP contribution is 2.29. The van der Waals surface area contributed by atoms with E-state index in [4.69, 9.17) is 14.2 Å². The highest BCUT2D eigenvalue weighted by atomic mass is 16.5. The number of nitrogens with zero attached hydrogens (tertiary/aromatic N) is 2. The molecule has 1 amide bonds. The van der Waals surface area contributed by atoms with Crippen molar-refractivity contribution in [2.24, 2.45) is 0 Å². The number of hydrogen-bond acceptors (Lipinski definition) is 6. The summed E-state index contributed by atoms with van der Waals surface area (Å²) < 4.78 is 16.1. The fourth-order valence-electron chi connectivity index (χ4n) is 4.65. The molecule has 4 aromatic rings. The predicted molar refractivity (Wildman–Crippen MR) is 148 cm³/mol. The number of fused-ring (bicyclic) bond motifs is 1. The molecule has 0 spiro atoms. The minimum atomic E-state index is -0.186. The molecule has 0 saturated carbocycles. The molecular formula is C30H32N4O4. The smallest absolute Gasteiger partial charge is 0.244 e. The first kappa shape index (κ1) is 25.5. The number of hydrogen-bond donors (Lipinski definition) is 2. The third-order valence-electron chi connectivity index (χ3n) is 6.72. The summed E-state index contributed by atoms with van der Waals surface area (Å²) in [6.07, 6.45) is 7.13. The molecule has 196 valence electrons. The van der Waals surface area contributed by atoms with Gasteiger partial charge in [-0.1, -0.05) is 30.3 Å². The summed E-state index contributed by atoms with van der Waals surface area (Å²) in [5.74, 6) is 1.09. The number of rotatable bonds is 9. The van der Waals surface area contributed by atoms with Crippen molar-refractivity contribution in [3.8, 4) is 22.6 Å². The van der Waals surface area contributed by atoms with E-state index in [2.05, 4.69) is 50.5 Å². The van der Waals surface area contributed by atoms with Crippen LogP contribution in [0.1, 0.15) is 16.7 Å². The number of nitrogens with one attached hydrogen (secondary N) is 2. The summed E-state index contributed by atoms with van der Waals surface area (Å²) >= 11 is 0. The van der Waals surface area contributed by atoms with E-state index in [-0.39, 0.29) is 5.91 Å². The van der Waals surface area contributed by atoms with Crippen LogP contribution in [0.25, 0.3) is 28.2 Å². The summed E-state index contributed by atoms with van der Waals surface area (Å²) in [7, 11) is 3.19. The second-order valence-electron chi connectivity index (χ2n) is 9.15. The van der Waals surface area contributed by atoms with Crippen LogP contribution in [-0.2, 0) is 22.6 Å². The number of morpholine rings is 1. The molecule has 8 heteroatoms. The van der Waals surface area contributed by atoms with Gasteiger partial charge in [-0.25, -0.2) is 4.98 Å². The fourth-order valence-corrected chi connectivity index (χ4v) is 4.65. The monoisotopic (exact) mass is 512 g/mol. The molecule has 1 aliphatic heterocycles. The molecule has 8 nitrogen and oxygen atoms in total. The van der Waals surface area contributed by atoms with Crippen LogP contribution in [0.2, 0.25) is 0 Å². The van der Waals surface area contributed by atoms with Crippen LogP contribution >= 0.6 is 0 Å². The number of H-pyrrole nitrogens is 1. The van der Waals surface area contributed by atoms with E-state index >= 15 is 0 Å². The van der Waals surface area contributed by atoms with Crippen LogP contribution in [0.4, 0.5) is 0 Å². The number of pyridine rings is 1. The molecule has 1 fully saturated rings. The summed E-state index contributed by atoms with van der Waals surface area (Å²) in [4.78, 5) is 22.8. The second-order valence-corrected chi connectivity index (χ2v) is 9.15. The molecule has 0 radical (unpaired) electrons. The largest absolute Gasteiger partial charge is 0.493 e. The minimum Gasteiger partial charge on any atom is -0.493 e. The Morgan fingerprint density at radius 2 is 1.92 bits per heavy atom. The highest BCUT2D eigenvalue weighted by molar-refractivity contribution is 5.96. The number of carbonyl (C=O) groups excluding carboxylic acids is 1. The molecule has 3 heterocycles. The summed E-state index contributed by atoms with van der Waals surface area (Å²) in [6, 6.07) is 16.2. The van der Waals surface area contributed by atoms with Crippen LogP contribution < -0.4 is 14.8 Å². The number of aromatic nitrogens is 2. The van der Waals surface area contributed by atoms with Crippen molar-refractivity contribution in [1.82, 2.24) is 20.2 Å². The Kier molecular flexibility index (Phi) is 8.01. The molecule has 2 aromatic heterocycles. The molecule has 2 N–H and O–H groups in total. The third kappa shape index (κ3) is 5.88. The van der Waals surface area contributed by atoms with Gasteiger partial charge in [-0.05, 0) is 41.0 Å². The Morgan fingerprint density at radius 3 is 2.74 bits per heavy atom. The van der Waals surface area contributed by atoms with E-state index in [0.29, 0.717) is 18.0 Å². The van der Waals surface area contributed by atoms with Gasteiger partial charge in [0.05, 0.1) is 27.4 Å². The lowest BCUT2D eigenvalue weighted by molar-refractivity contribution is -0.116. The van der Waals surface area contributed by atoms with Gasteiger partial charge < -0.3 is 24.5 Å². The number of benzene rings is 2. The Hall–Kier alpha value is -4.14. The Bertz CT molecular complexity index is 1440. The molecule has 38 heavy (non-hydrogen) atoms. The molecule has 0 unspecified atom stereocenters. The first-order valence-electron chi connectivity index (χ1n) is 12.7. The number of ether oxygens (including phenoxy) is 3. The van der Waals surface area contributed by atoms with E-state index in [1.807, 2.05) is 36.7 Å². The lowest BCUT2D eigenvalue weighted by Gasteiger charge is -2.27. The average Bonchev–Trinajstić information content (AvgIpc) is 3.37. The average molecular weight is 513 g/mol. The van der Waals surface area contributed by atoms with Crippen molar-refractivity contribution in [2.45, 2.75) is 13.1 Å². The van der Waals surface area contributed by atoms with Crippen LogP contribution in [-0.4, -0.2) is 61.3 Å². The minimum absolute atomic E-state index is 0.186. The van der Waals surface area contributed by atoms with Crippen LogP contribution in [0.15, 0.2) is 67.0 Å². The second kappa shape index (κ2) is 11.9. The maximum absolute atomic E-state index is 12.6. The molecule has 1 saturated heterocycles. The maximum Gasteiger partial charge on any atom is 0.244 e. The molecular weight excluding hydrogens is 480 g/mol. The summed E-state index contributed by atoms with van der Waals surface area (Å²) in [5, 5.41) is 3.89. The molecule has 0 aliphatic carbocycles. The molecule has 0 atom stereocenters. The van der Waals surface area contributed by atoms with Gasteiger partial charge in [0.15, 0.2) is 11.5 Å². The Labute approximate surface area is 222 Å². The number of amides is 1. The van der Waals surface area contributed by atoms with Crippen molar-refractivity contribution < 1.29 is 19.0 Å². The zero-order chi connectivity index (χ0) is 26.3. The van der Waals surface area contributed by atoms with Crippen LogP contribution in [0.3, 0.4) is 0 Å². The predicted octanol–water partition coefficient (Wildman–Crippen LogP) is 4.41. The lowest BCUT2D eigenvalue weighted by Crippen LogP contribution is -2.35.